The number of carbonyl (C=O) groups is 1. The van der Waals surface area contributed by atoms with Crippen LogP contribution in [0.15, 0.2) is 42.5 Å². The van der Waals surface area contributed by atoms with Gasteiger partial charge >= 0.3 is 5.97 Å². The maximum Gasteiger partial charge on any atom is 0.338 e. The zero-order chi connectivity index (χ0) is 13.0. The zero-order valence-corrected chi connectivity index (χ0v) is 10.4. The minimum Gasteiger partial charge on any atom is -0.452 e. The minimum absolute atomic E-state index is 0.229. The summed E-state index contributed by atoms with van der Waals surface area (Å²) in [6, 6.07) is 8.89. The standard InChI is InChI=1S/C14H16O4/c1-10-12(8-9-13(16-2)17-10)18-14(15)11-6-4-3-5-7-11/h3-10,12-13H,1-2H3/t10-,12-,13-/m0/s1. The summed E-state index contributed by atoms with van der Waals surface area (Å²) in [4.78, 5) is 11.9. The lowest BCUT2D eigenvalue weighted by Crippen LogP contribution is -2.36. The van der Waals surface area contributed by atoms with Gasteiger partial charge in [0.1, 0.15) is 6.10 Å². The van der Waals surface area contributed by atoms with Gasteiger partial charge in [0.25, 0.3) is 0 Å². The molecule has 1 aliphatic heterocycles. The Morgan fingerprint density at radius 2 is 1.94 bits per heavy atom. The van der Waals surface area contributed by atoms with Gasteiger partial charge < -0.3 is 14.2 Å². The second-order valence-electron chi connectivity index (χ2n) is 4.07. The first-order chi connectivity index (χ1) is 8.70. The molecule has 0 aromatic heterocycles. The fraction of sp³-hybridized carbons (Fsp3) is 0.357. The van der Waals surface area contributed by atoms with Gasteiger partial charge in [-0.25, -0.2) is 4.79 Å². The fourth-order valence-electron chi connectivity index (χ4n) is 1.73. The molecular weight excluding hydrogens is 232 g/mol. The van der Waals surface area contributed by atoms with E-state index in [1.807, 2.05) is 13.0 Å². The highest BCUT2D eigenvalue weighted by Gasteiger charge is 2.26. The van der Waals surface area contributed by atoms with E-state index in [0.717, 1.165) is 0 Å². The molecule has 4 nitrogen and oxygen atoms in total. The van der Waals surface area contributed by atoms with Crippen molar-refractivity contribution >= 4 is 5.97 Å². The molecule has 0 aliphatic carbocycles. The van der Waals surface area contributed by atoms with Crippen LogP contribution in [0.4, 0.5) is 0 Å². The van der Waals surface area contributed by atoms with Crippen molar-refractivity contribution in [2.24, 2.45) is 0 Å². The number of rotatable bonds is 3. The molecule has 0 saturated heterocycles. The smallest absolute Gasteiger partial charge is 0.338 e. The fourth-order valence-corrected chi connectivity index (χ4v) is 1.73. The summed E-state index contributed by atoms with van der Waals surface area (Å²) < 4.78 is 15.9. The maximum atomic E-state index is 11.9. The number of carbonyl (C=O) groups excluding carboxylic acids is 1. The second kappa shape index (κ2) is 5.80. The topological polar surface area (TPSA) is 44.8 Å². The van der Waals surface area contributed by atoms with E-state index in [9.17, 15) is 4.79 Å². The van der Waals surface area contributed by atoms with Crippen LogP contribution in [-0.4, -0.2) is 31.6 Å². The first-order valence-corrected chi connectivity index (χ1v) is 5.83. The van der Waals surface area contributed by atoms with Crippen molar-refractivity contribution in [1.29, 1.82) is 0 Å². The maximum absolute atomic E-state index is 11.9. The van der Waals surface area contributed by atoms with Crippen LogP contribution >= 0.6 is 0 Å². The second-order valence-corrected chi connectivity index (χ2v) is 4.07. The Bertz CT molecular complexity index is 427. The number of ether oxygens (including phenoxy) is 3. The Hall–Kier alpha value is -1.65. The summed E-state index contributed by atoms with van der Waals surface area (Å²) in [5.74, 6) is -0.350. The molecule has 1 aromatic rings. The third-order valence-corrected chi connectivity index (χ3v) is 2.75. The summed E-state index contributed by atoms with van der Waals surface area (Å²) in [6.45, 7) is 1.85. The molecule has 1 aliphatic rings. The van der Waals surface area contributed by atoms with E-state index >= 15 is 0 Å². The van der Waals surface area contributed by atoms with Gasteiger partial charge in [-0.05, 0) is 31.2 Å². The largest absolute Gasteiger partial charge is 0.452 e. The predicted octanol–water partition coefficient (Wildman–Crippen LogP) is 2.16. The average Bonchev–Trinajstić information content (AvgIpc) is 2.42. The van der Waals surface area contributed by atoms with Crippen molar-refractivity contribution in [1.82, 2.24) is 0 Å². The van der Waals surface area contributed by atoms with Gasteiger partial charge in [0.05, 0.1) is 11.7 Å². The van der Waals surface area contributed by atoms with Gasteiger partial charge in [-0.1, -0.05) is 18.2 Å². The quantitative estimate of drug-likeness (QED) is 0.607. The van der Waals surface area contributed by atoms with Crippen LogP contribution in [0, 0.1) is 0 Å². The Labute approximate surface area is 106 Å². The van der Waals surface area contributed by atoms with E-state index in [1.54, 1.807) is 43.5 Å². The summed E-state index contributed by atoms with van der Waals surface area (Å²) >= 11 is 0. The molecule has 3 atom stereocenters. The highest BCUT2D eigenvalue weighted by Crippen LogP contribution is 2.17. The lowest BCUT2D eigenvalue weighted by Gasteiger charge is -2.28. The average molecular weight is 248 g/mol. The van der Waals surface area contributed by atoms with Crippen molar-refractivity contribution in [3.05, 3.63) is 48.0 Å². The molecule has 4 heteroatoms. The van der Waals surface area contributed by atoms with Gasteiger partial charge in [0, 0.05) is 7.11 Å². The minimum atomic E-state index is -0.385. The molecule has 2 rings (SSSR count). The molecule has 1 heterocycles. The Morgan fingerprint density at radius 1 is 1.22 bits per heavy atom. The van der Waals surface area contributed by atoms with Crippen molar-refractivity contribution in [2.75, 3.05) is 7.11 Å². The van der Waals surface area contributed by atoms with Crippen LogP contribution in [0.3, 0.4) is 0 Å². The zero-order valence-electron chi connectivity index (χ0n) is 10.4. The van der Waals surface area contributed by atoms with E-state index in [2.05, 4.69) is 0 Å². The monoisotopic (exact) mass is 248 g/mol. The lowest BCUT2D eigenvalue weighted by atomic mass is 10.1. The van der Waals surface area contributed by atoms with Gasteiger partial charge in [-0.2, -0.15) is 0 Å². The Balaban J connectivity index is 2.00. The van der Waals surface area contributed by atoms with Gasteiger partial charge in [0.15, 0.2) is 6.29 Å². The molecule has 0 amide bonds. The molecule has 0 spiro atoms. The van der Waals surface area contributed by atoms with Crippen LogP contribution in [0.1, 0.15) is 17.3 Å². The first kappa shape index (κ1) is 12.8. The van der Waals surface area contributed by atoms with Crippen molar-refractivity contribution in [2.45, 2.75) is 25.4 Å². The molecule has 0 radical (unpaired) electrons. The number of methoxy groups -OCH3 is 1. The van der Waals surface area contributed by atoms with Crippen LogP contribution in [0.5, 0.6) is 0 Å². The van der Waals surface area contributed by atoms with Crippen LogP contribution in [0.2, 0.25) is 0 Å². The summed E-state index contributed by atoms with van der Waals surface area (Å²) in [6.07, 6.45) is 2.55. The van der Waals surface area contributed by atoms with Crippen LogP contribution in [-0.2, 0) is 14.2 Å². The summed E-state index contributed by atoms with van der Waals surface area (Å²) in [5.41, 5.74) is 0.534. The third-order valence-electron chi connectivity index (χ3n) is 2.75. The van der Waals surface area contributed by atoms with Crippen molar-refractivity contribution in [3.8, 4) is 0 Å². The van der Waals surface area contributed by atoms with Gasteiger partial charge in [-0.3, -0.25) is 0 Å². The number of hydrogen-bond acceptors (Lipinski definition) is 4. The van der Waals surface area contributed by atoms with E-state index in [1.165, 1.54) is 0 Å². The highest BCUT2D eigenvalue weighted by atomic mass is 16.7. The molecule has 18 heavy (non-hydrogen) atoms. The Kier molecular flexibility index (Phi) is 4.12. The number of benzene rings is 1. The molecule has 0 fully saturated rings. The first-order valence-electron chi connectivity index (χ1n) is 5.83. The summed E-state index contributed by atoms with van der Waals surface area (Å²) in [5, 5.41) is 0. The van der Waals surface area contributed by atoms with Crippen LogP contribution in [0.25, 0.3) is 0 Å². The van der Waals surface area contributed by atoms with E-state index in [4.69, 9.17) is 14.2 Å². The normalized spacial score (nSPS) is 26.9. The van der Waals surface area contributed by atoms with Crippen molar-refractivity contribution in [3.63, 3.8) is 0 Å². The van der Waals surface area contributed by atoms with Crippen molar-refractivity contribution < 1.29 is 19.0 Å². The lowest BCUT2D eigenvalue weighted by molar-refractivity contribution is -0.152. The predicted molar refractivity (Wildman–Crippen MR) is 66.1 cm³/mol. The van der Waals surface area contributed by atoms with Gasteiger partial charge in [-0.15, -0.1) is 0 Å². The molecular formula is C14H16O4. The number of esters is 1. The van der Waals surface area contributed by atoms with Gasteiger partial charge in [0.2, 0.25) is 0 Å². The number of hydrogen-bond donors (Lipinski definition) is 0. The summed E-state index contributed by atoms with van der Waals surface area (Å²) in [7, 11) is 1.57. The molecule has 0 unspecified atom stereocenters. The highest BCUT2D eigenvalue weighted by molar-refractivity contribution is 5.89. The van der Waals surface area contributed by atoms with E-state index < -0.39 is 0 Å². The van der Waals surface area contributed by atoms with E-state index in [-0.39, 0.29) is 24.5 Å². The molecule has 0 saturated carbocycles. The Morgan fingerprint density at radius 3 is 2.56 bits per heavy atom. The molecule has 1 aromatic carbocycles. The molecule has 0 N–H and O–H groups in total. The third kappa shape index (κ3) is 2.97. The molecule has 96 valence electrons. The van der Waals surface area contributed by atoms with E-state index in [0.29, 0.717) is 5.56 Å². The van der Waals surface area contributed by atoms with Crippen LogP contribution < -0.4 is 0 Å². The molecule has 0 bridgehead atoms. The SMILES string of the molecule is CO[C@@H]1C=C[C@H](OC(=O)c2ccccc2)[C@H](C)O1.